The monoisotopic (exact) mass is 444 g/mol. The number of carbonyl (C=O) groups is 2. The summed E-state index contributed by atoms with van der Waals surface area (Å²) >= 11 is 1.30. The summed E-state index contributed by atoms with van der Waals surface area (Å²) in [5.41, 5.74) is 0.164. The summed E-state index contributed by atoms with van der Waals surface area (Å²) in [4.78, 5) is 48.7. The van der Waals surface area contributed by atoms with Gasteiger partial charge in [-0.05, 0) is 38.5 Å². The molecule has 3 aliphatic rings. The van der Waals surface area contributed by atoms with Gasteiger partial charge in [-0.15, -0.1) is 0 Å². The van der Waals surface area contributed by atoms with Gasteiger partial charge in [0.05, 0.1) is 5.92 Å². The van der Waals surface area contributed by atoms with Gasteiger partial charge in [0.25, 0.3) is 5.56 Å². The van der Waals surface area contributed by atoms with Crippen LogP contribution in [0.15, 0.2) is 11.1 Å². The first-order valence-corrected chi connectivity index (χ1v) is 12.1. The molecule has 0 spiro atoms. The number of fused-ring (bicyclic) bond motifs is 1. The molecule has 2 saturated carbocycles. The number of amides is 2. The first-order valence-electron chi connectivity index (χ1n) is 11.3. The van der Waals surface area contributed by atoms with Gasteiger partial charge in [-0.2, -0.15) is 4.98 Å². The molecule has 1 saturated heterocycles. The first-order chi connectivity index (χ1) is 15.1. The van der Waals surface area contributed by atoms with E-state index in [4.69, 9.17) is 0 Å². The highest BCUT2D eigenvalue weighted by atomic mass is 32.1. The number of piperidine rings is 1. The molecule has 0 aromatic carbocycles. The maximum Gasteiger partial charge on any atom is 0.273 e. The molecule has 2 amide bonds. The Labute approximate surface area is 184 Å². The minimum Gasteiger partial charge on any atom is -0.353 e. The quantitative estimate of drug-likeness (QED) is 0.697. The lowest BCUT2D eigenvalue weighted by atomic mass is 9.97. The molecule has 2 N–H and O–H groups in total. The SMILES string of the molecule is O=C(Cn1cnc2nc(N3CCCC(C(=O)NC4CC4)C3)sc2c1=O)NC1CCCC1. The number of thiazole rings is 1. The molecule has 1 aliphatic heterocycles. The average Bonchev–Trinajstić information content (AvgIpc) is 3.24. The number of hydrogen-bond acceptors (Lipinski definition) is 7. The van der Waals surface area contributed by atoms with Crippen LogP contribution >= 0.6 is 11.3 Å². The van der Waals surface area contributed by atoms with Gasteiger partial charge in [0.1, 0.15) is 17.6 Å². The third kappa shape index (κ3) is 4.58. The molecule has 31 heavy (non-hydrogen) atoms. The Bertz CT molecular complexity index is 1040. The van der Waals surface area contributed by atoms with Crippen molar-refractivity contribution in [2.45, 2.75) is 70.0 Å². The predicted octanol–water partition coefficient (Wildman–Crippen LogP) is 1.41. The lowest BCUT2D eigenvalue weighted by Gasteiger charge is -2.31. The zero-order chi connectivity index (χ0) is 21.4. The van der Waals surface area contributed by atoms with Crippen molar-refractivity contribution in [3.8, 4) is 0 Å². The molecule has 9 nitrogen and oxygen atoms in total. The van der Waals surface area contributed by atoms with Crippen LogP contribution in [0.3, 0.4) is 0 Å². The summed E-state index contributed by atoms with van der Waals surface area (Å²) in [6.45, 7) is 1.39. The van der Waals surface area contributed by atoms with Crippen molar-refractivity contribution in [2.24, 2.45) is 5.92 Å². The number of nitrogens with one attached hydrogen (secondary N) is 2. The molecule has 166 valence electrons. The summed E-state index contributed by atoms with van der Waals surface area (Å²) in [6.07, 6.45) is 9.65. The summed E-state index contributed by atoms with van der Waals surface area (Å²) in [5, 5.41) is 6.82. The molecule has 3 heterocycles. The fraction of sp³-hybridized carbons (Fsp3) is 0.667. The minimum absolute atomic E-state index is 0.0291. The van der Waals surface area contributed by atoms with Gasteiger partial charge in [0.15, 0.2) is 10.8 Å². The summed E-state index contributed by atoms with van der Waals surface area (Å²) < 4.78 is 1.81. The van der Waals surface area contributed by atoms with Crippen LogP contribution in [0.5, 0.6) is 0 Å². The van der Waals surface area contributed by atoms with E-state index < -0.39 is 0 Å². The predicted molar refractivity (Wildman–Crippen MR) is 118 cm³/mol. The van der Waals surface area contributed by atoms with Crippen molar-refractivity contribution in [1.82, 2.24) is 25.2 Å². The largest absolute Gasteiger partial charge is 0.353 e. The van der Waals surface area contributed by atoms with Gasteiger partial charge in [0, 0.05) is 25.2 Å². The second kappa shape index (κ2) is 8.57. The maximum atomic E-state index is 12.9. The van der Waals surface area contributed by atoms with Crippen LogP contribution in [-0.4, -0.2) is 51.5 Å². The molecular weight excluding hydrogens is 416 g/mol. The molecule has 2 aromatic rings. The van der Waals surface area contributed by atoms with Crippen molar-refractivity contribution in [2.75, 3.05) is 18.0 Å². The van der Waals surface area contributed by atoms with E-state index in [9.17, 15) is 14.4 Å². The molecule has 2 aromatic heterocycles. The van der Waals surface area contributed by atoms with Gasteiger partial charge in [-0.25, -0.2) is 4.98 Å². The van der Waals surface area contributed by atoms with Crippen molar-refractivity contribution < 1.29 is 9.59 Å². The lowest BCUT2D eigenvalue weighted by Crippen LogP contribution is -2.43. The van der Waals surface area contributed by atoms with Crippen LogP contribution in [0.2, 0.25) is 0 Å². The average molecular weight is 445 g/mol. The second-order valence-electron chi connectivity index (χ2n) is 8.94. The Kier molecular flexibility index (Phi) is 5.64. The molecule has 3 fully saturated rings. The summed E-state index contributed by atoms with van der Waals surface area (Å²) in [7, 11) is 0. The Balaban J connectivity index is 1.29. The number of carbonyl (C=O) groups excluding carboxylic acids is 2. The smallest absolute Gasteiger partial charge is 0.273 e. The van der Waals surface area contributed by atoms with Crippen LogP contribution < -0.4 is 21.1 Å². The highest BCUT2D eigenvalue weighted by Gasteiger charge is 2.31. The third-order valence-electron chi connectivity index (χ3n) is 6.39. The van der Waals surface area contributed by atoms with E-state index >= 15 is 0 Å². The van der Waals surface area contributed by atoms with E-state index in [1.807, 2.05) is 0 Å². The highest BCUT2D eigenvalue weighted by Crippen LogP contribution is 2.30. The molecule has 1 atom stereocenters. The van der Waals surface area contributed by atoms with Gasteiger partial charge < -0.3 is 15.5 Å². The van der Waals surface area contributed by atoms with Crippen molar-refractivity contribution in [3.05, 3.63) is 16.7 Å². The van der Waals surface area contributed by atoms with E-state index in [2.05, 4.69) is 25.5 Å². The van der Waals surface area contributed by atoms with Crippen LogP contribution in [-0.2, 0) is 16.1 Å². The van der Waals surface area contributed by atoms with Gasteiger partial charge in [-0.1, -0.05) is 24.2 Å². The Hall–Kier alpha value is -2.49. The normalized spacial score (nSPS) is 22.1. The van der Waals surface area contributed by atoms with Crippen molar-refractivity contribution in [3.63, 3.8) is 0 Å². The number of aromatic nitrogens is 3. The fourth-order valence-corrected chi connectivity index (χ4v) is 5.50. The topological polar surface area (TPSA) is 109 Å². The van der Waals surface area contributed by atoms with Crippen LogP contribution in [0.25, 0.3) is 10.3 Å². The van der Waals surface area contributed by atoms with Crippen LogP contribution in [0.1, 0.15) is 51.4 Å². The Morgan fingerprint density at radius 1 is 1.06 bits per heavy atom. The van der Waals surface area contributed by atoms with E-state index in [0.717, 1.165) is 63.0 Å². The van der Waals surface area contributed by atoms with E-state index in [-0.39, 0.29) is 35.9 Å². The van der Waals surface area contributed by atoms with Crippen LogP contribution in [0.4, 0.5) is 5.13 Å². The van der Waals surface area contributed by atoms with Gasteiger partial charge in [-0.3, -0.25) is 19.0 Å². The number of rotatable bonds is 6. The standard InChI is InChI=1S/C21H28N6O3S/c28-16(23-14-5-1-2-6-14)11-27-12-22-18-17(20(27)30)31-21(25-18)26-9-3-4-13(10-26)19(29)24-15-7-8-15/h12-15H,1-11H2,(H,23,28)(H,24,29). The molecule has 0 radical (unpaired) electrons. The molecule has 1 unspecified atom stereocenters. The fourth-order valence-electron chi connectivity index (χ4n) is 4.49. The molecule has 10 heteroatoms. The second-order valence-corrected chi connectivity index (χ2v) is 9.92. The Morgan fingerprint density at radius 3 is 2.61 bits per heavy atom. The van der Waals surface area contributed by atoms with Gasteiger partial charge in [0.2, 0.25) is 11.8 Å². The Morgan fingerprint density at radius 2 is 1.84 bits per heavy atom. The third-order valence-corrected chi connectivity index (χ3v) is 7.49. The van der Waals surface area contributed by atoms with Crippen molar-refractivity contribution >= 4 is 38.6 Å². The maximum absolute atomic E-state index is 12.9. The molecule has 2 aliphatic carbocycles. The van der Waals surface area contributed by atoms with E-state index in [1.165, 1.54) is 22.2 Å². The molecular formula is C21H28N6O3S. The van der Waals surface area contributed by atoms with Gasteiger partial charge >= 0.3 is 0 Å². The number of nitrogens with zero attached hydrogens (tertiary/aromatic N) is 4. The summed E-state index contributed by atoms with van der Waals surface area (Å²) in [6, 6.07) is 0.581. The van der Waals surface area contributed by atoms with Crippen molar-refractivity contribution in [1.29, 1.82) is 0 Å². The highest BCUT2D eigenvalue weighted by molar-refractivity contribution is 7.22. The van der Waals surface area contributed by atoms with E-state index in [0.29, 0.717) is 22.9 Å². The first kappa shape index (κ1) is 20.4. The molecule has 5 rings (SSSR count). The number of anilines is 1. The van der Waals surface area contributed by atoms with E-state index in [1.54, 1.807) is 0 Å². The lowest BCUT2D eigenvalue weighted by molar-refractivity contribution is -0.125. The molecule has 0 bridgehead atoms. The zero-order valence-corrected chi connectivity index (χ0v) is 18.3. The summed E-state index contributed by atoms with van der Waals surface area (Å²) in [5.74, 6) is -0.0761. The number of hydrogen-bond donors (Lipinski definition) is 2. The minimum atomic E-state index is -0.240. The zero-order valence-electron chi connectivity index (χ0n) is 17.5. The van der Waals surface area contributed by atoms with Crippen LogP contribution in [0, 0.1) is 5.92 Å².